The van der Waals surface area contributed by atoms with Crippen LogP contribution in [0.5, 0.6) is 0 Å². The number of aliphatic imine (C=N–C) groups is 2. The number of urea groups is 1. The topological polar surface area (TPSA) is 121 Å². The summed E-state index contributed by atoms with van der Waals surface area (Å²) in [5, 5.41) is 9.51. The maximum atomic E-state index is 12.9. The van der Waals surface area contributed by atoms with E-state index in [2.05, 4.69) is 37.6 Å². The molecule has 4 aromatic rings. The zero-order chi connectivity index (χ0) is 28.8. The highest BCUT2D eigenvalue weighted by Crippen LogP contribution is 2.33. The largest absolute Gasteiger partial charge is 0.334 e. The highest BCUT2D eigenvalue weighted by atomic mass is 35.5. The maximum Gasteiger partial charge on any atom is 0.320 e. The Morgan fingerprint density at radius 3 is 2.61 bits per heavy atom. The summed E-state index contributed by atoms with van der Waals surface area (Å²) in [6, 6.07) is 20.1. The van der Waals surface area contributed by atoms with Crippen LogP contribution in [0.3, 0.4) is 0 Å². The van der Waals surface area contributed by atoms with Gasteiger partial charge in [-0.25, -0.2) is 14.8 Å². The molecule has 0 unspecified atom stereocenters. The number of benzene rings is 2. The van der Waals surface area contributed by atoms with Gasteiger partial charge in [-0.2, -0.15) is 0 Å². The number of hydrogen-bond donors (Lipinski definition) is 3. The van der Waals surface area contributed by atoms with E-state index >= 15 is 0 Å². The van der Waals surface area contributed by atoms with Crippen LogP contribution < -0.4 is 16.0 Å². The van der Waals surface area contributed by atoms with Crippen molar-refractivity contribution < 1.29 is 9.59 Å². The summed E-state index contributed by atoms with van der Waals surface area (Å²) in [7, 11) is 0. The molecule has 0 fully saturated rings. The zero-order valence-electron chi connectivity index (χ0n) is 22.2. The molecular weight excluding hydrogens is 538 g/mol. The number of carbonyl (C=O) groups excluding carboxylic acids is 2. The van der Waals surface area contributed by atoms with Gasteiger partial charge in [0.2, 0.25) is 0 Å². The van der Waals surface area contributed by atoms with Crippen molar-refractivity contribution in [2.24, 2.45) is 9.98 Å². The van der Waals surface area contributed by atoms with Crippen molar-refractivity contribution in [2.45, 2.75) is 13.3 Å². The predicted octanol–water partition coefficient (Wildman–Crippen LogP) is 5.78. The number of hydrogen-bond acceptors (Lipinski definition) is 6. The molecule has 5 rings (SSSR count). The second kappa shape index (κ2) is 12.4. The zero-order valence-corrected chi connectivity index (χ0v) is 22.9. The summed E-state index contributed by atoms with van der Waals surface area (Å²) in [6.07, 6.45) is 5.43. The average Bonchev–Trinajstić information content (AvgIpc) is 2.98. The molecule has 2 aromatic heterocycles. The van der Waals surface area contributed by atoms with Gasteiger partial charge in [-0.15, -0.1) is 0 Å². The van der Waals surface area contributed by atoms with Gasteiger partial charge in [-0.3, -0.25) is 20.1 Å². The van der Waals surface area contributed by atoms with E-state index in [1.807, 2.05) is 61.5 Å². The van der Waals surface area contributed by atoms with Crippen LogP contribution in [-0.2, 0) is 4.79 Å². The Bertz CT molecular complexity index is 1730. The number of nitrogens with one attached hydrogen (secondary N) is 3. The van der Waals surface area contributed by atoms with Crippen molar-refractivity contribution in [3.05, 3.63) is 112 Å². The molecule has 0 radical (unpaired) electrons. The molecular formula is C31H26ClN7O2. The van der Waals surface area contributed by atoms with E-state index in [0.717, 1.165) is 16.5 Å². The minimum Gasteiger partial charge on any atom is -0.334 e. The van der Waals surface area contributed by atoms with Crippen LogP contribution in [0.15, 0.2) is 101 Å². The quantitative estimate of drug-likeness (QED) is 0.195. The Hall–Kier alpha value is -5.15. The number of nitrogens with zero attached hydrogens (tertiary/aromatic N) is 4. The van der Waals surface area contributed by atoms with Crippen molar-refractivity contribution in [1.29, 1.82) is 0 Å². The van der Waals surface area contributed by atoms with E-state index in [-0.39, 0.29) is 12.5 Å². The number of aryl methyl sites for hydroxylation is 1. The first-order chi connectivity index (χ1) is 19.9. The van der Waals surface area contributed by atoms with Gasteiger partial charge in [0.1, 0.15) is 11.7 Å². The molecule has 10 heteroatoms. The smallest absolute Gasteiger partial charge is 0.320 e. The molecule has 3 heterocycles. The SMILES string of the molecule is C=N/C(=C(\N=C1CC=C(CNC(=O)Nc2ccc(C)cn2)C(=O)N1)c1ccccc1)c1cc(Cl)c2ncccc2c1. The number of anilines is 1. The van der Waals surface area contributed by atoms with E-state index in [1.54, 1.807) is 30.6 Å². The molecule has 0 aliphatic carbocycles. The Labute approximate surface area is 241 Å². The summed E-state index contributed by atoms with van der Waals surface area (Å²) in [6.45, 7) is 5.76. The van der Waals surface area contributed by atoms with E-state index in [1.165, 1.54) is 0 Å². The number of rotatable bonds is 7. The Kier molecular flexibility index (Phi) is 8.26. The molecule has 3 amide bonds. The first-order valence-corrected chi connectivity index (χ1v) is 13.2. The Morgan fingerprint density at radius 2 is 1.88 bits per heavy atom. The van der Waals surface area contributed by atoms with Crippen molar-refractivity contribution in [2.75, 3.05) is 11.9 Å². The maximum absolute atomic E-state index is 12.9. The van der Waals surface area contributed by atoms with Gasteiger partial charge in [0.25, 0.3) is 5.91 Å². The van der Waals surface area contributed by atoms with Gasteiger partial charge in [0.05, 0.1) is 21.9 Å². The van der Waals surface area contributed by atoms with Crippen LogP contribution >= 0.6 is 11.6 Å². The normalized spacial score (nSPS) is 14.6. The fourth-order valence-electron chi connectivity index (χ4n) is 4.25. The molecule has 3 N–H and O–H groups in total. The van der Waals surface area contributed by atoms with E-state index < -0.39 is 6.03 Å². The van der Waals surface area contributed by atoms with Crippen LogP contribution in [0.1, 0.15) is 23.1 Å². The van der Waals surface area contributed by atoms with Crippen LogP contribution in [0.2, 0.25) is 5.02 Å². The molecule has 41 heavy (non-hydrogen) atoms. The summed E-state index contributed by atoms with van der Waals surface area (Å²) >= 11 is 6.56. The van der Waals surface area contributed by atoms with Crippen LogP contribution in [-0.4, -0.2) is 41.0 Å². The number of amides is 3. The molecule has 0 saturated heterocycles. The van der Waals surface area contributed by atoms with Crippen molar-refractivity contribution in [3.63, 3.8) is 0 Å². The number of halogens is 1. The van der Waals surface area contributed by atoms with Crippen LogP contribution in [0, 0.1) is 6.92 Å². The third-order valence-electron chi connectivity index (χ3n) is 6.29. The fraction of sp³-hybridized carbons (Fsp3) is 0.0968. The van der Waals surface area contributed by atoms with Gasteiger partial charge >= 0.3 is 6.03 Å². The van der Waals surface area contributed by atoms with E-state index in [0.29, 0.717) is 51.1 Å². The average molecular weight is 564 g/mol. The molecule has 0 atom stereocenters. The molecule has 1 aliphatic rings. The number of amidine groups is 1. The second-order valence-electron chi connectivity index (χ2n) is 9.23. The molecule has 0 saturated carbocycles. The predicted molar refractivity (Wildman–Crippen MR) is 164 cm³/mol. The first-order valence-electron chi connectivity index (χ1n) is 12.8. The van der Waals surface area contributed by atoms with Crippen molar-refractivity contribution >= 4 is 64.2 Å². The van der Waals surface area contributed by atoms with E-state index in [9.17, 15) is 9.59 Å². The van der Waals surface area contributed by atoms with Gasteiger partial charge in [0.15, 0.2) is 0 Å². The van der Waals surface area contributed by atoms with Gasteiger partial charge in [-0.05, 0) is 43.5 Å². The third kappa shape index (κ3) is 6.54. The molecule has 0 bridgehead atoms. The lowest BCUT2D eigenvalue weighted by Gasteiger charge is -2.18. The molecule has 0 spiro atoms. The number of fused-ring (bicyclic) bond motifs is 1. The number of aromatic nitrogens is 2. The van der Waals surface area contributed by atoms with Gasteiger partial charge in [0, 0.05) is 47.4 Å². The Balaban J connectivity index is 1.41. The monoisotopic (exact) mass is 563 g/mol. The van der Waals surface area contributed by atoms with Crippen LogP contribution in [0.25, 0.3) is 22.3 Å². The summed E-state index contributed by atoms with van der Waals surface area (Å²) in [5.74, 6) is 0.491. The van der Waals surface area contributed by atoms with Gasteiger partial charge < -0.3 is 10.6 Å². The number of pyridine rings is 2. The molecule has 1 aliphatic heterocycles. The summed E-state index contributed by atoms with van der Waals surface area (Å²) in [4.78, 5) is 42.8. The lowest BCUT2D eigenvalue weighted by molar-refractivity contribution is -0.116. The summed E-state index contributed by atoms with van der Waals surface area (Å²) < 4.78 is 0. The lowest BCUT2D eigenvalue weighted by Crippen LogP contribution is -2.40. The molecule has 9 nitrogen and oxygen atoms in total. The minimum absolute atomic E-state index is 0.0429. The second-order valence-corrected chi connectivity index (χ2v) is 9.64. The minimum atomic E-state index is -0.463. The van der Waals surface area contributed by atoms with Crippen molar-refractivity contribution in [1.82, 2.24) is 20.6 Å². The lowest BCUT2D eigenvalue weighted by atomic mass is 10.0. The third-order valence-corrected chi connectivity index (χ3v) is 6.58. The molecule has 204 valence electrons. The summed E-state index contributed by atoms with van der Waals surface area (Å²) in [5.41, 5.74) is 4.61. The Morgan fingerprint density at radius 1 is 1.05 bits per heavy atom. The standard InChI is InChI=1S/C31H26ClN7O2/c1-19-10-12-25(35-17-19)39-31(41)36-18-22-11-13-26(38-30(22)40)37-29(20-7-4-3-5-8-20)28(33-2)23-15-21-9-6-14-34-27(21)24(32)16-23/h3-12,14-17H,2,13,18H2,1H3,(H,37,38,40)(H2,35,36,39,41)/b29-28-. The van der Waals surface area contributed by atoms with Crippen molar-refractivity contribution in [3.8, 4) is 0 Å². The highest BCUT2D eigenvalue weighted by molar-refractivity contribution is 6.35. The first kappa shape index (κ1) is 27.4. The fourth-order valence-corrected chi connectivity index (χ4v) is 4.53. The highest BCUT2D eigenvalue weighted by Gasteiger charge is 2.20. The molecule has 2 aromatic carbocycles. The van der Waals surface area contributed by atoms with Gasteiger partial charge in [-0.1, -0.05) is 60.1 Å². The number of carbonyl (C=O) groups is 2. The van der Waals surface area contributed by atoms with E-state index in [4.69, 9.17) is 16.6 Å². The van der Waals surface area contributed by atoms with Crippen LogP contribution in [0.4, 0.5) is 10.6 Å².